The molecule has 4 rings (SSSR count). The highest BCUT2D eigenvalue weighted by atomic mass is 31.2. The summed E-state index contributed by atoms with van der Waals surface area (Å²) in [7, 11) is -2.46. The molecule has 9 heteroatoms. The van der Waals surface area contributed by atoms with Crippen LogP contribution in [-0.2, 0) is 9.98 Å². The van der Waals surface area contributed by atoms with Crippen molar-refractivity contribution in [1.29, 1.82) is 5.26 Å². The van der Waals surface area contributed by atoms with Crippen molar-refractivity contribution < 1.29 is 14.4 Å². The second kappa shape index (κ2) is 9.33. The maximum atomic E-state index is 12.6. The standard InChI is InChI=1S/C26H30N5O3P/c1-16(2)34-23-12-19(35(4,5)33)6-7-22(23)31-25-28-9-8-21(30-25)17-10-18(13-27)24-20(11-17)26(3,15-32)14-29-24/h6-12,16,29,32H,14-15H2,1-5H3,(H,28,30,31)/t26-/m1/s1. The molecule has 35 heavy (non-hydrogen) atoms. The van der Waals surface area contributed by atoms with Gasteiger partial charge in [-0.3, -0.25) is 0 Å². The summed E-state index contributed by atoms with van der Waals surface area (Å²) in [6.07, 6.45) is 1.58. The highest BCUT2D eigenvalue weighted by Crippen LogP contribution is 2.41. The number of fused-ring (bicyclic) bond motifs is 1. The molecule has 0 amide bonds. The number of rotatable bonds is 7. The van der Waals surface area contributed by atoms with Crippen LogP contribution in [0.4, 0.5) is 17.3 Å². The third kappa shape index (κ3) is 5.02. The van der Waals surface area contributed by atoms with Gasteiger partial charge in [-0.1, -0.05) is 6.92 Å². The number of aliphatic hydroxyl groups excluding tert-OH is 1. The molecule has 2 heterocycles. The Labute approximate surface area is 205 Å². The van der Waals surface area contributed by atoms with E-state index in [0.29, 0.717) is 35.2 Å². The zero-order valence-electron chi connectivity index (χ0n) is 20.6. The Balaban J connectivity index is 1.72. The fraction of sp³-hybridized carbons (Fsp3) is 0.346. The van der Waals surface area contributed by atoms with E-state index in [-0.39, 0.29) is 12.7 Å². The zero-order valence-corrected chi connectivity index (χ0v) is 21.5. The molecule has 182 valence electrons. The molecule has 1 atom stereocenters. The first-order valence-electron chi connectivity index (χ1n) is 11.4. The zero-order chi connectivity index (χ0) is 25.4. The molecular weight excluding hydrogens is 461 g/mol. The van der Waals surface area contributed by atoms with E-state index in [2.05, 4.69) is 26.7 Å². The molecule has 8 nitrogen and oxygen atoms in total. The molecule has 0 fully saturated rings. The Morgan fingerprint density at radius 2 is 2.06 bits per heavy atom. The lowest BCUT2D eigenvalue weighted by Crippen LogP contribution is -2.28. The van der Waals surface area contributed by atoms with Crippen molar-refractivity contribution in [2.24, 2.45) is 0 Å². The number of nitrogens with zero attached hydrogens (tertiary/aromatic N) is 3. The lowest BCUT2D eigenvalue weighted by molar-refractivity contribution is 0.219. The summed E-state index contributed by atoms with van der Waals surface area (Å²) in [5, 5.41) is 26.9. The van der Waals surface area contributed by atoms with Crippen molar-refractivity contribution in [3.63, 3.8) is 0 Å². The fourth-order valence-electron chi connectivity index (χ4n) is 4.07. The van der Waals surface area contributed by atoms with Crippen molar-refractivity contribution in [3.8, 4) is 23.1 Å². The summed E-state index contributed by atoms with van der Waals surface area (Å²) >= 11 is 0. The number of benzene rings is 2. The van der Waals surface area contributed by atoms with E-state index in [1.807, 2.05) is 39.0 Å². The minimum Gasteiger partial charge on any atom is -0.489 e. The Kier molecular flexibility index (Phi) is 6.59. The van der Waals surface area contributed by atoms with Gasteiger partial charge in [0.05, 0.1) is 35.3 Å². The number of nitrogens with one attached hydrogen (secondary N) is 2. The van der Waals surface area contributed by atoms with Crippen molar-refractivity contribution in [2.45, 2.75) is 32.3 Å². The Morgan fingerprint density at radius 1 is 1.29 bits per heavy atom. The number of anilines is 3. The molecule has 0 saturated heterocycles. The largest absolute Gasteiger partial charge is 0.489 e. The second-order valence-corrected chi connectivity index (χ2v) is 12.9. The molecule has 1 aliphatic heterocycles. The maximum absolute atomic E-state index is 12.6. The molecule has 0 unspecified atom stereocenters. The predicted molar refractivity (Wildman–Crippen MR) is 140 cm³/mol. The van der Waals surface area contributed by atoms with Gasteiger partial charge in [-0.2, -0.15) is 5.26 Å². The summed E-state index contributed by atoms with van der Waals surface area (Å²) in [6.45, 7) is 9.81. The predicted octanol–water partition coefficient (Wildman–Crippen LogP) is 4.47. The van der Waals surface area contributed by atoms with Gasteiger partial charge in [0.15, 0.2) is 0 Å². The van der Waals surface area contributed by atoms with Gasteiger partial charge in [0.1, 0.15) is 19.0 Å². The van der Waals surface area contributed by atoms with Crippen molar-refractivity contribution in [3.05, 3.63) is 53.7 Å². The van der Waals surface area contributed by atoms with Crippen LogP contribution in [0.2, 0.25) is 0 Å². The van der Waals surface area contributed by atoms with E-state index in [4.69, 9.17) is 4.74 Å². The quantitative estimate of drug-likeness (QED) is 0.414. The van der Waals surface area contributed by atoms with E-state index < -0.39 is 12.6 Å². The topological polar surface area (TPSA) is 120 Å². The summed E-state index contributed by atoms with van der Waals surface area (Å²) < 4.78 is 18.6. The first-order valence-corrected chi connectivity index (χ1v) is 14.0. The SMILES string of the molecule is CC(C)Oc1cc(P(C)(C)=O)ccc1Nc1nccc(-c2cc(C#N)c3c(c2)[C@@](C)(CO)CN3)n1. The first-order chi connectivity index (χ1) is 16.5. The van der Waals surface area contributed by atoms with Crippen LogP contribution in [0.25, 0.3) is 11.3 Å². The first kappa shape index (κ1) is 24.7. The molecular formula is C26H30N5O3P. The van der Waals surface area contributed by atoms with E-state index >= 15 is 0 Å². The normalized spacial score (nSPS) is 17.0. The van der Waals surface area contributed by atoms with Gasteiger partial charge in [0, 0.05) is 29.0 Å². The number of hydrogen-bond acceptors (Lipinski definition) is 8. The average molecular weight is 492 g/mol. The van der Waals surface area contributed by atoms with E-state index in [1.165, 1.54) is 0 Å². The molecule has 0 spiro atoms. The molecule has 1 aliphatic rings. The van der Waals surface area contributed by atoms with Crippen LogP contribution in [0.1, 0.15) is 31.9 Å². The highest BCUT2D eigenvalue weighted by Gasteiger charge is 2.36. The van der Waals surface area contributed by atoms with Crippen LogP contribution in [0.3, 0.4) is 0 Å². The van der Waals surface area contributed by atoms with Gasteiger partial charge in [-0.15, -0.1) is 0 Å². The maximum Gasteiger partial charge on any atom is 0.227 e. The minimum atomic E-state index is -2.46. The van der Waals surface area contributed by atoms with Crippen LogP contribution < -0.4 is 20.7 Å². The average Bonchev–Trinajstić information content (AvgIpc) is 3.16. The van der Waals surface area contributed by atoms with Crippen LogP contribution >= 0.6 is 7.14 Å². The van der Waals surface area contributed by atoms with Gasteiger partial charge < -0.3 is 25.0 Å². The lowest BCUT2D eigenvalue weighted by Gasteiger charge is -2.21. The smallest absolute Gasteiger partial charge is 0.227 e. The molecule has 0 bridgehead atoms. The number of ether oxygens (including phenoxy) is 1. The number of hydrogen-bond donors (Lipinski definition) is 3. The third-order valence-electron chi connectivity index (χ3n) is 6.06. The van der Waals surface area contributed by atoms with Crippen molar-refractivity contribution in [2.75, 3.05) is 37.1 Å². The summed E-state index contributed by atoms with van der Waals surface area (Å²) in [4.78, 5) is 9.04. The highest BCUT2D eigenvalue weighted by molar-refractivity contribution is 7.70. The lowest BCUT2D eigenvalue weighted by atomic mass is 9.83. The van der Waals surface area contributed by atoms with E-state index in [9.17, 15) is 14.9 Å². The Morgan fingerprint density at radius 3 is 2.71 bits per heavy atom. The van der Waals surface area contributed by atoms with Crippen molar-refractivity contribution in [1.82, 2.24) is 9.97 Å². The second-order valence-electron chi connectivity index (χ2n) is 9.72. The van der Waals surface area contributed by atoms with E-state index in [0.717, 1.165) is 22.1 Å². The molecule has 0 radical (unpaired) electrons. The molecule has 0 saturated carbocycles. The minimum absolute atomic E-state index is 0.0328. The van der Waals surface area contributed by atoms with Gasteiger partial charge in [0.2, 0.25) is 5.95 Å². The summed E-state index contributed by atoms with van der Waals surface area (Å²) in [6, 6.07) is 13.3. The van der Waals surface area contributed by atoms with Gasteiger partial charge in [-0.05, 0) is 69.1 Å². The molecule has 0 aliphatic carbocycles. The molecule has 1 aromatic heterocycles. The van der Waals surface area contributed by atoms with Crippen LogP contribution in [0.15, 0.2) is 42.6 Å². The number of nitriles is 1. The monoisotopic (exact) mass is 491 g/mol. The van der Waals surface area contributed by atoms with Gasteiger partial charge in [-0.25, -0.2) is 9.97 Å². The van der Waals surface area contributed by atoms with Crippen molar-refractivity contribution >= 4 is 29.8 Å². The number of aliphatic hydroxyl groups is 1. The van der Waals surface area contributed by atoms with Crippen LogP contribution in [0.5, 0.6) is 5.75 Å². The summed E-state index contributed by atoms with van der Waals surface area (Å²) in [5.41, 5.74) is 3.76. The molecule has 3 aromatic rings. The van der Waals surface area contributed by atoms with Crippen LogP contribution in [0, 0.1) is 11.3 Å². The molecule has 3 N–H and O–H groups in total. The van der Waals surface area contributed by atoms with Crippen LogP contribution in [-0.4, -0.2) is 47.7 Å². The van der Waals surface area contributed by atoms with Gasteiger partial charge >= 0.3 is 0 Å². The Bertz CT molecular complexity index is 1360. The third-order valence-corrected chi connectivity index (χ3v) is 7.58. The molecule has 2 aromatic carbocycles. The number of aromatic nitrogens is 2. The Hall–Kier alpha value is -3.40. The summed E-state index contributed by atoms with van der Waals surface area (Å²) in [5.74, 6) is 0.937. The fourth-order valence-corrected chi connectivity index (χ4v) is 4.93. The van der Waals surface area contributed by atoms with E-state index in [1.54, 1.807) is 37.7 Å². The van der Waals surface area contributed by atoms with Gasteiger partial charge in [0.25, 0.3) is 0 Å².